The Hall–Kier alpha value is -1.38. The van der Waals surface area contributed by atoms with Crippen molar-refractivity contribution in [1.82, 2.24) is 5.32 Å². The summed E-state index contributed by atoms with van der Waals surface area (Å²) >= 11 is 0. The number of hydrogen-bond donors (Lipinski definition) is 1. The Labute approximate surface area is 114 Å². The van der Waals surface area contributed by atoms with E-state index in [4.69, 9.17) is 5.26 Å². The Morgan fingerprint density at radius 2 is 2.32 bits per heavy atom. The lowest BCUT2D eigenvalue weighted by Crippen LogP contribution is -2.26. The number of nitrogens with zero attached hydrogens (tertiary/aromatic N) is 1. The summed E-state index contributed by atoms with van der Waals surface area (Å²) in [6.45, 7) is 2.73. The molecule has 0 saturated carbocycles. The van der Waals surface area contributed by atoms with Crippen molar-refractivity contribution in [2.24, 2.45) is 5.92 Å². The minimum absolute atomic E-state index is 0.122. The number of sulfone groups is 1. The van der Waals surface area contributed by atoms with Gasteiger partial charge in [-0.2, -0.15) is 5.26 Å². The molecule has 5 heteroatoms. The Bertz CT molecular complexity index is 590. The maximum absolute atomic E-state index is 11.4. The van der Waals surface area contributed by atoms with Crippen molar-refractivity contribution in [2.45, 2.75) is 19.4 Å². The first kappa shape index (κ1) is 14.0. The minimum atomic E-state index is -2.80. The van der Waals surface area contributed by atoms with Gasteiger partial charge in [0.05, 0.1) is 23.1 Å². The van der Waals surface area contributed by atoms with Gasteiger partial charge in [-0.05, 0) is 43.5 Å². The van der Waals surface area contributed by atoms with Crippen LogP contribution in [0.2, 0.25) is 0 Å². The van der Waals surface area contributed by atoms with Gasteiger partial charge in [-0.1, -0.05) is 12.1 Å². The van der Waals surface area contributed by atoms with Gasteiger partial charge in [0.1, 0.15) is 0 Å². The highest BCUT2D eigenvalue weighted by Crippen LogP contribution is 2.19. The third-order valence-electron chi connectivity index (χ3n) is 3.56. The smallest absolute Gasteiger partial charge is 0.150 e. The highest BCUT2D eigenvalue weighted by atomic mass is 32.2. The van der Waals surface area contributed by atoms with Crippen molar-refractivity contribution in [2.75, 3.05) is 18.1 Å². The maximum atomic E-state index is 11.4. The average Bonchev–Trinajstić information content (AvgIpc) is 2.75. The molecule has 2 unspecified atom stereocenters. The van der Waals surface area contributed by atoms with E-state index in [1.165, 1.54) is 0 Å². The normalized spacial score (nSPS) is 22.8. The summed E-state index contributed by atoms with van der Waals surface area (Å²) in [6.07, 6.45) is 0.750. The van der Waals surface area contributed by atoms with E-state index in [1.807, 2.05) is 25.1 Å². The molecule has 0 aliphatic carbocycles. The molecule has 0 aromatic heterocycles. The maximum Gasteiger partial charge on any atom is 0.150 e. The zero-order chi connectivity index (χ0) is 13.9. The fourth-order valence-corrected chi connectivity index (χ4v) is 4.23. The van der Waals surface area contributed by atoms with E-state index in [9.17, 15) is 8.42 Å². The van der Waals surface area contributed by atoms with Gasteiger partial charge >= 0.3 is 0 Å². The van der Waals surface area contributed by atoms with Gasteiger partial charge in [0.25, 0.3) is 0 Å². The minimum Gasteiger partial charge on any atom is -0.310 e. The Morgan fingerprint density at radius 3 is 2.95 bits per heavy atom. The number of hydrogen-bond acceptors (Lipinski definition) is 4. The van der Waals surface area contributed by atoms with Crippen LogP contribution < -0.4 is 5.32 Å². The molecular formula is C14H18N2O2S. The third-order valence-corrected chi connectivity index (χ3v) is 5.39. The van der Waals surface area contributed by atoms with Crippen LogP contribution in [0.5, 0.6) is 0 Å². The van der Waals surface area contributed by atoms with E-state index < -0.39 is 9.84 Å². The predicted molar refractivity (Wildman–Crippen MR) is 74.3 cm³/mol. The van der Waals surface area contributed by atoms with Gasteiger partial charge in [0.15, 0.2) is 9.84 Å². The van der Waals surface area contributed by atoms with Crippen molar-refractivity contribution in [3.8, 4) is 6.07 Å². The summed E-state index contributed by atoms with van der Waals surface area (Å²) < 4.78 is 22.8. The van der Waals surface area contributed by atoms with Crippen LogP contribution in [0.15, 0.2) is 24.3 Å². The van der Waals surface area contributed by atoms with Crippen molar-refractivity contribution >= 4 is 9.84 Å². The van der Waals surface area contributed by atoms with Crippen molar-refractivity contribution in [3.05, 3.63) is 35.4 Å². The van der Waals surface area contributed by atoms with Crippen LogP contribution in [0.1, 0.15) is 30.5 Å². The lowest BCUT2D eigenvalue weighted by atomic mass is 10.0. The summed E-state index contributed by atoms with van der Waals surface area (Å²) in [6, 6.07) is 9.73. The molecule has 1 fully saturated rings. The molecule has 0 spiro atoms. The first-order valence-corrected chi connectivity index (χ1v) is 8.26. The summed E-state index contributed by atoms with van der Waals surface area (Å²) in [5.74, 6) is 0.828. The zero-order valence-electron chi connectivity index (χ0n) is 11.0. The topological polar surface area (TPSA) is 70.0 Å². The molecule has 0 bridgehead atoms. The standard InChI is InChI=1S/C14H18N2O2S/c1-11(14-4-2-3-12(7-14)8-15)16-9-13-5-6-19(17,18)10-13/h2-4,7,11,13,16H,5-6,9-10H2,1H3. The molecule has 1 aliphatic heterocycles. The van der Waals surface area contributed by atoms with E-state index in [1.54, 1.807) is 6.07 Å². The van der Waals surface area contributed by atoms with Crippen molar-refractivity contribution < 1.29 is 8.42 Å². The lowest BCUT2D eigenvalue weighted by molar-refractivity contribution is 0.476. The van der Waals surface area contributed by atoms with E-state index in [2.05, 4.69) is 11.4 Å². The van der Waals surface area contributed by atoms with Crippen LogP contribution in [-0.2, 0) is 9.84 Å². The molecular weight excluding hydrogens is 260 g/mol. The van der Waals surface area contributed by atoms with Crippen LogP contribution in [-0.4, -0.2) is 26.5 Å². The van der Waals surface area contributed by atoms with Crippen molar-refractivity contribution in [3.63, 3.8) is 0 Å². The van der Waals surface area contributed by atoms with E-state index in [-0.39, 0.29) is 12.0 Å². The van der Waals surface area contributed by atoms with Gasteiger partial charge in [-0.3, -0.25) is 0 Å². The summed E-state index contributed by atoms with van der Waals surface area (Å²) in [5, 5.41) is 12.2. The van der Waals surface area contributed by atoms with Gasteiger partial charge in [-0.15, -0.1) is 0 Å². The molecule has 0 amide bonds. The molecule has 2 atom stereocenters. The summed E-state index contributed by atoms with van der Waals surface area (Å²) in [5.41, 5.74) is 1.70. The predicted octanol–water partition coefficient (Wildman–Crippen LogP) is 1.64. The zero-order valence-corrected chi connectivity index (χ0v) is 11.8. The number of rotatable bonds is 4. The van der Waals surface area contributed by atoms with Crippen LogP contribution in [0.25, 0.3) is 0 Å². The molecule has 1 saturated heterocycles. The second-order valence-corrected chi connectivity index (χ2v) is 7.36. The Morgan fingerprint density at radius 1 is 1.53 bits per heavy atom. The van der Waals surface area contributed by atoms with Crippen LogP contribution in [0.3, 0.4) is 0 Å². The Kier molecular flexibility index (Phi) is 4.23. The molecule has 0 radical (unpaired) electrons. The lowest BCUT2D eigenvalue weighted by Gasteiger charge is -2.17. The molecule has 1 aromatic carbocycles. The molecule has 1 heterocycles. The van der Waals surface area contributed by atoms with Gasteiger partial charge in [-0.25, -0.2) is 8.42 Å². The second-order valence-electron chi connectivity index (χ2n) is 5.14. The Balaban J connectivity index is 1.91. The second kappa shape index (κ2) is 5.72. The molecule has 2 rings (SSSR count). The molecule has 1 aromatic rings. The highest BCUT2D eigenvalue weighted by molar-refractivity contribution is 7.91. The largest absolute Gasteiger partial charge is 0.310 e. The third kappa shape index (κ3) is 3.79. The quantitative estimate of drug-likeness (QED) is 0.909. The van der Waals surface area contributed by atoms with E-state index in [0.29, 0.717) is 23.6 Å². The van der Waals surface area contributed by atoms with Gasteiger partial charge in [0.2, 0.25) is 0 Å². The van der Waals surface area contributed by atoms with E-state index in [0.717, 1.165) is 12.0 Å². The summed E-state index contributed by atoms with van der Waals surface area (Å²) in [4.78, 5) is 0. The number of benzene rings is 1. The average molecular weight is 278 g/mol. The van der Waals surface area contributed by atoms with Crippen molar-refractivity contribution in [1.29, 1.82) is 5.26 Å². The monoisotopic (exact) mass is 278 g/mol. The van der Waals surface area contributed by atoms with Crippen LogP contribution >= 0.6 is 0 Å². The molecule has 102 valence electrons. The molecule has 1 N–H and O–H groups in total. The fraction of sp³-hybridized carbons (Fsp3) is 0.500. The van der Waals surface area contributed by atoms with Crippen LogP contribution in [0.4, 0.5) is 0 Å². The SMILES string of the molecule is CC(NCC1CCS(=O)(=O)C1)c1cccc(C#N)c1. The van der Waals surface area contributed by atoms with E-state index >= 15 is 0 Å². The first-order valence-electron chi connectivity index (χ1n) is 6.44. The fourth-order valence-electron chi connectivity index (χ4n) is 2.37. The molecule has 1 aliphatic rings. The van der Waals surface area contributed by atoms with Gasteiger partial charge in [0, 0.05) is 6.04 Å². The first-order chi connectivity index (χ1) is 9.00. The van der Waals surface area contributed by atoms with Crippen LogP contribution in [0, 0.1) is 17.2 Å². The highest BCUT2D eigenvalue weighted by Gasteiger charge is 2.27. The number of nitrogens with one attached hydrogen (secondary N) is 1. The summed E-state index contributed by atoms with van der Waals surface area (Å²) in [7, 11) is -2.80. The molecule has 19 heavy (non-hydrogen) atoms. The van der Waals surface area contributed by atoms with Gasteiger partial charge < -0.3 is 5.32 Å². The number of nitriles is 1. The molecule has 4 nitrogen and oxygen atoms in total.